The van der Waals surface area contributed by atoms with Crippen LogP contribution in [0.5, 0.6) is 0 Å². The van der Waals surface area contributed by atoms with Gasteiger partial charge in [0.1, 0.15) is 11.5 Å². The lowest BCUT2D eigenvalue weighted by molar-refractivity contribution is -0.384. The van der Waals surface area contributed by atoms with E-state index in [1.54, 1.807) is 0 Å². The Hall–Kier alpha value is -2.02. The maximum atomic E-state index is 12.9. The van der Waals surface area contributed by atoms with Crippen LogP contribution >= 0.6 is 0 Å². The molecule has 0 spiro atoms. The van der Waals surface area contributed by atoms with Gasteiger partial charge in [0.25, 0.3) is 5.69 Å². The Morgan fingerprint density at radius 1 is 1.56 bits per heavy atom. The second-order valence-electron chi connectivity index (χ2n) is 4.10. The van der Waals surface area contributed by atoms with E-state index in [0.717, 1.165) is 18.7 Å². The number of carbonyl (C=O) groups is 1. The summed E-state index contributed by atoms with van der Waals surface area (Å²) in [7, 11) is 0. The summed E-state index contributed by atoms with van der Waals surface area (Å²) in [4.78, 5) is 21.8. The standard InChI is InChI=1S/C11H12FN3O3/c12-8-1-2-9(10(5-8)15(17)18)14-11(16)7-3-4-13-6-7/h1-2,5,7,13H,3-4,6H2,(H,14,16). The van der Waals surface area contributed by atoms with Gasteiger partial charge in [0.15, 0.2) is 0 Å². The Bertz CT molecular complexity index is 486. The van der Waals surface area contributed by atoms with Crippen molar-refractivity contribution in [2.45, 2.75) is 6.42 Å². The van der Waals surface area contributed by atoms with Crippen molar-refractivity contribution < 1.29 is 14.1 Å². The molecule has 2 rings (SSSR count). The van der Waals surface area contributed by atoms with Crippen LogP contribution in [-0.2, 0) is 4.79 Å². The van der Waals surface area contributed by atoms with Crippen LogP contribution in [0.3, 0.4) is 0 Å². The molecule has 0 aliphatic carbocycles. The molecule has 0 aromatic heterocycles. The molecule has 1 unspecified atom stereocenters. The first kappa shape index (κ1) is 12.4. The minimum absolute atomic E-state index is 0.0262. The summed E-state index contributed by atoms with van der Waals surface area (Å²) in [5.41, 5.74) is -0.410. The molecular formula is C11H12FN3O3. The molecule has 0 bridgehead atoms. The van der Waals surface area contributed by atoms with E-state index in [0.29, 0.717) is 13.0 Å². The van der Waals surface area contributed by atoms with Gasteiger partial charge in [0.2, 0.25) is 5.91 Å². The van der Waals surface area contributed by atoms with Crippen LogP contribution in [-0.4, -0.2) is 23.9 Å². The third-order valence-electron chi connectivity index (χ3n) is 2.85. The molecule has 1 atom stereocenters. The highest BCUT2D eigenvalue weighted by molar-refractivity contribution is 5.94. The fourth-order valence-corrected chi connectivity index (χ4v) is 1.87. The van der Waals surface area contributed by atoms with Gasteiger partial charge >= 0.3 is 0 Å². The smallest absolute Gasteiger partial charge is 0.295 e. The molecule has 1 aromatic carbocycles. The number of anilines is 1. The van der Waals surface area contributed by atoms with Gasteiger partial charge in [-0.05, 0) is 25.1 Å². The van der Waals surface area contributed by atoms with E-state index in [9.17, 15) is 19.3 Å². The van der Waals surface area contributed by atoms with Gasteiger partial charge in [-0.3, -0.25) is 14.9 Å². The minimum Gasteiger partial charge on any atom is -0.320 e. The van der Waals surface area contributed by atoms with Crippen LogP contribution < -0.4 is 10.6 Å². The molecule has 96 valence electrons. The van der Waals surface area contributed by atoms with Crippen LogP contribution in [0.15, 0.2) is 18.2 Å². The van der Waals surface area contributed by atoms with E-state index in [1.165, 1.54) is 6.07 Å². The third-order valence-corrected chi connectivity index (χ3v) is 2.85. The highest BCUT2D eigenvalue weighted by Gasteiger charge is 2.25. The van der Waals surface area contributed by atoms with E-state index >= 15 is 0 Å². The van der Waals surface area contributed by atoms with Crippen molar-refractivity contribution in [3.8, 4) is 0 Å². The van der Waals surface area contributed by atoms with Crippen LogP contribution in [0.2, 0.25) is 0 Å². The number of hydrogen-bond acceptors (Lipinski definition) is 4. The van der Waals surface area contributed by atoms with Gasteiger partial charge in [-0.25, -0.2) is 4.39 Å². The third kappa shape index (κ3) is 2.62. The maximum absolute atomic E-state index is 12.9. The van der Waals surface area contributed by atoms with Crippen LogP contribution in [0.25, 0.3) is 0 Å². The zero-order valence-electron chi connectivity index (χ0n) is 9.48. The van der Waals surface area contributed by atoms with Gasteiger partial charge in [-0.1, -0.05) is 0 Å². The molecule has 0 radical (unpaired) electrons. The molecule has 2 N–H and O–H groups in total. The first-order valence-corrected chi connectivity index (χ1v) is 5.53. The number of nitrogens with zero attached hydrogens (tertiary/aromatic N) is 1. The number of halogens is 1. The van der Waals surface area contributed by atoms with Crippen molar-refractivity contribution in [3.63, 3.8) is 0 Å². The number of benzene rings is 1. The Kier molecular flexibility index (Phi) is 3.52. The second-order valence-corrected chi connectivity index (χ2v) is 4.10. The summed E-state index contributed by atoms with van der Waals surface area (Å²) in [6.45, 7) is 1.31. The summed E-state index contributed by atoms with van der Waals surface area (Å²) in [6.07, 6.45) is 0.695. The molecule has 1 heterocycles. The number of hydrogen-bond donors (Lipinski definition) is 2. The molecule has 7 heteroatoms. The molecule has 0 saturated carbocycles. The maximum Gasteiger partial charge on any atom is 0.295 e. The van der Waals surface area contributed by atoms with Crippen molar-refractivity contribution in [2.24, 2.45) is 5.92 Å². The van der Waals surface area contributed by atoms with E-state index < -0.39 is 16.4 Å². The summed E-state index contributed by atoms with van der Waals surface area (Å²) in [6, 6.07) is 3.08. The number of nitro benzene ring substituents is 1. The fourth-order valence-electron chi connectivity index (χ4n) is 1.87. The highest BCUT2D eigenvalue weighted by Crippen LogP contribution is 2.25. The zero-order valence-corrected chi connectivity index (χ0v) is 9.48. The first-order chi connectivity index (χ1) is 8.58. The Morgan fingerprint density at radius 2 is 2.33 bits per heavy atom. The summed E-state index contributed by atoms with van der Waals surface area (Å²) < 4.78 is 12.9. The minimum atomic E-state index is -0.717. The summed E-state index contributed by atoms with van der Waals surface area (Å²) in [5.74, 6) is -1.19. The molecule has 18 heavy (non-hydrogen) atoms. The normalized spacial score (nSPS) is 18.6. The van der Waals surface area contributed by atoms with Gasteiger partial charge in [0.05, 0.1) is 16.9 Å². The lowest BCUT2D eigenvalue weighted by Crippen LogP contribution is -2.25. The van der Waals surface area contributed by atoms with Crippen LogP contribution in [0.4, 0.5) is 15.8 Å². The average Bonchev–Trinajstić information content (AvgIpc) is 2.84. The number of carbonyl (C=O) groups excluding carboxylic acids is 1. The highest BCUT2D eigenvalue weighted by atomic mass is 19.1. The number of nitro groups is 1. The Labute approximate surface area is 102 Å². The van der Waals surface area contributed by atoms with Crippen LogP contribution in [0.1, 0.15) is 6.42 Å². The largest absolute Gasteiger partial charge is 0.320 e. The fraction of sp³-hybridized carbons (Fsp3) is 0.364. The molecule has 1 aliphatic rings. The summed E-state index contributed by atoms with van der Waals surface area (Å²) >= 11 is 0. The monoisotopic (exact) mass is 253 g/mol. The molecule has 1 aromatic rings. The van der Waals surface area contributed by atoms with Crippen molar-refractivity contribution >= 4 is 17.3 Å². The second kappa shape index (κ2) is 5.09. The van der Waals surface area contributed by atoms with Gasteiger partial charge in [0, 0.05) is 6.54 Å². The topological polar surface area (TPSA) is 84.3 Å². The lowest BCUT2D eigenvalue weighted by atomic mass is 10.1. The van der Waals surface area contributed by atoms with E-state index in [2.05, 4.69) is 10.6 Å². The average molecular weight is 253 g/mol. The van der Waals surface area contributed by atoms with Crippen LogP contribution in [0, 0.1) is 21.8 Å². The zero-order chi connectivity index (χ0) is 13.1. The predicted molar refractivity (Wildman–Crippen MR) is 62.7 cm³/mol. The van der Waals surface area contributed by atoms with E-state index in [1.807, 2.05) is 0 Å². The summed E-state index contributed by atoms with van der Waals surface area (Å²) in [5, 5.41) is 16.3. The Balaban J connectivity index is 2.17. The number of nitrogens with one attached hydrogen (secondary N) is 2. The molecule has 1 saturated heterocycles. The van der Waals surface area contributed by atoms with Crippen molar-refractivity contribution in [1.29, 1.82) is 0 Å². The SMILES string of the molecule is O=C(Nc1ccc(F)cc1[N+](=O)[O-])C1CCNC1. The van der Waals surface area contributed by atoms with E-state index in [-0.39, 0.29) is 17.5 Å². The van der Waals surface area contributed by atoms with Gasteiger partial charge in [-0.15, -0.1) is 0 Å². The molecule has 1 aliphatic heterocycles. The van der Waals surface area contributed by atoms with Gasteiger partial charge < -0.3 is 10.6 Å². The quantitative estimate of drug-likeness (QED) is 0.627. The Morgan fingerprint density at radius 3 is 2.94 bits per heavy atom. The predicted octanol–water partition coefficient (Wildman–Crippen LogP) is 1.28. The lowest BCUT2D eigenvalue weighted by Gasteiger charge is -2.10. The molecular weight excluding hydrogens is 241 g/mol. The van der Waals surface area contributed by atoms with Crippen molar-refractivity contribution in [1.82, 2.24) is 5.32 Å². The molecule has 6 nitrogen and oxygen atoms in total. The van der Waals surface area contributed by atoms with Crippen molar-refractivity contribution in [3.05, 3.63) is 34.1 Å². The van der Waals surface area contributed by atoms with Gasteiger partial charge in [-0.2, -0.15) is 0 Å². The first-order valence-electron chi connectivity index (χ1n) is 5.53. The molecule has 1 amide bonds. The number of rotatable bonds is 3. The van der Waals surface area contributed by atoms with Crippen molar-refractivity contribution in [2.75, 3.05) is 18.4 Å². The van der Waals surface area contributed by atoms with E-state index in [4.69, 9.17) is 0 Å². The number of amides is 1. The molecule has 1 fully saturated rings.